The Morgan fingerprint density at radius 1 is 1.41 bits per heavy atom. The van der Waals surface area contributed by atoms with Crippen molar-refractivity contribution in [3.8, 4) is 0 Å². The molecule has 5 nitrogen and oxygen atoms in total. The second-order valence-corrected chi connectivity index (χ2v) is 5.62. The molecule has 2 heterocycles. The van der Waals surface area contributed by atoms with Gasteiger partial charge in [-0.1, -0.05) is 0 Å². The summed E-state index contributed by atoms with van der Waals surface area (Å²) in [7, 11) is 2.17. The fourth-order valence-corrected chi connectivity index (χ4v) is 2.50. The minimum Gasteiger partial charge on any atom is -0.338 e. The zero-order valence-electron chi connectivity index (χ0n) is 11.0. The van der Waals surface area contributed by atoms with Gasteiger partial charge in [0.2, 0.25) is 5.95 Å². The van der Waals surface area contributed by atoms with Crippen LogP contribution in [0.3, 0.4) is 0 Å². The molecular formula is C11H21N5S. The molecule has 0 unspecified atom stereocenters. The highest BCUT2D eigenvalue weighted by atomic mass is 32.1. The number of hydrogen-bond donors (Lipinski definition) is 1. The van der Waals surface area contributed by atoms with Crippen LogP contribution in [0.1, 0.15) is 20.8 Å². The van der Waals surface area contributed by atoms with Gasteiger partial charge in [-0.3, -0.25) is 9.47 Å². The quantitative estimate of drug-likeness (QED) is 0.813. The SMILES string of the molecule is CCn1c(N2CCN(C)C(C)(C)C2)n[nH]c1=S. The minimum absolute atomic E-state index is 0.171. The van der Waals surface area contributed by atoms with Crippen molar-refractivity contribution in [1.82, 2.24) is 19.7 Å². The molecule has 96 valence electrons. The molecule has 1 aromatic heterocycles. The first kappa shape index (κ1) is 12.6. The highest BCUT2D eigenvalue weighted by Gasteiger charge is 2.32. The lowest BCUT2D eigenvalue weighted by atomic mass is 10.0. The molecule has 2 rings (SSSR count). The van der Waals surface area contributed by atoms with E-state index >= 15 is 0 Å². The number of H-pyrrole nitrogens is 1. The highest BCUT2D eigenvalue weighted by molar-refractivity contribution is 7.71. The molecule has 0 atom stereocenters. The Bertz CT molecular complexity index is 447. The third kappa shape index (κ3) is 2.24. The van der Waals surface area contributed by atoms with Gasteiger partial charge < -0.3 is 4.90 Å². The standard InChI is InChI=1S/C11H21N5S/c1-5-16-9(12-13-10(16)17)15-7-6-14(4)11(2,3)8-15/h5-8H2,1-4H3,(H,13,17). The van der Waals surface area contributed by atoms with Crippen molar-refractivity contribution in [3.63, 3.8) is 0 Å². The highest BCUT2D eigenvalue weighted by Crippen LogP contribution is 2.23. The van der Waals surface area contributed by atoms with Gasteiger partial charge in [-0.2, -0.15) is 0 Å². The van der Waals surface area contributed by atoms with Gasteiger partial charge >= 0.3 is 0 Å². The molecule has 0 spiro atoms. The van der Waals surface area contributed by atoms with E-state index in [-0.39, 0.29) is 5.54 Å². The van der Waals surface area contributed by atoms with Gasteiger partial charge in [-0.15, -0.1) is 5.10 Å². The third-order valence-electron chi connectivity index (χ3n) is 3.65. The van der Waals surface area contributed by atoms with Gasteiger partial charge in [0.05, 0.1) is 0 Å². The number of nitrogens with one attached hydrogen (secondary N) is 1. The van der Waals surface area contributed by atoms with Crippen LogP contribution in [0.5, 0.6) is 0 Å². The molecule has 1 fully saturated rings. The van der Waals surface area contributed by atoms with E-state index in [1.807, 2.05) is 0 Å². The van der Waals surface area contributed by atoms with Crippen molar-refractivity contribution in [2.24, 2.45) is 0 Å². The van der Waals surface area contributed by atoms with E-state index in [1.54, 1.807) is 0 Å². The largest absolute Gasteiger partial charge is 0.338 e. The second kappa shape index (κ2) is 4.42. The van der Waals surface area contributed by atoms with Gasteiger partial charge in [0.25, 0.3) is 0 Å². The first-order chi connectivity index (χ1) is 7.95. The molecule has 1 aromatic rings. The molecule has 1 aliphatic heterocycles. The summed E-state index contributed by atoms with van der Waals surface area (Å²) >= 11 is 5.23. The molecular weight excluding hydrogens is 234 g/mol. The molecule has 0 radical (unpaired) electrons. The zero-order chi connectivity index (χ0) is 12.6. The molecule has 1 aliphatic rings. The summed E-state index contributed by atoms with van der Waals surface area (Å²) in [6.07, 6.45) is 0. The van der Waals surface area contributed by atoms with E-state index in [9.17, 15) is 0 Å². The Balaban J connectivity index is 2.26. The van der Waals surface area contributed by atoms with Crippen LogP contribution in [0.2, 0.25) is 0 Å². The number of rotatable bonds is 2. The fourth-order valence-electron chi connectivity index (χ4n) is 2.25. The van der Waals surface area contributed by atoms with Gasteiger partial charge in [0.15, 0.2) is 4.77 Å². The van der Waals surface area contributed by atoms with Crippen molar-refractivity contribution < 1.29 is 0 Å². The predicted octanol–water partition coefficient (Wildman–Crippen LogP) is 1.49. The minimum atomic E-state index is 0.171. The molecule has 6 heteroatoms. The lowest BCUT2D eigenvalue weighted by Gasteiger charge is -2.45. The maximum Gasteiger partial charge on any atom is 0.225 e. The van der Waals surface area contributed by atoms with E-state index in [4.69, 9.17) is 12.2 Å². The number of aromatic amines is 1. The van der Waals surface area contributed by atoms with Crippen LogP contribution >= 0.6 is 12.2 Å². The van der Waals surface area contributed by atoms with Gasteiger partial charge in [-0.05, 0) is 40.0 Å². The summed E-state index contributed by atoms with van der Waals surface area (Å²) in [6, 6.07) is 0. The topological polar surface area (TPSA) is 40.1 Å². The normalized spacial score (nSPS) is 20.8. The van der Waals surface area contributed by atoms with Crippen molar-refractivity contribution >= 4 is 18.2 Å². The maximum atomic E-state index is 5.23. The van der Waals surface area contributed by atoms with Gasteiger partial charge in [0, 0.05) is 31.7 Å². The Kier molecular flexibility index (Phi) is 3.27. The van der Waals surface area contributed by atoms with E-state index in [0.717, 1.165) is 32.1 Å². The van der Waals surface area contributed by atoms with E-state index in [2.05, 4.69) is 52.4 Å². The second-order valence-electron chi connectivity index (χ2n) is 5.23. The number of anilines is 1. The van der Waals surface area contributed by atoms with Crippen molar-refractivity contribution in [2.75, 3.05) is 31.6 Å². The smallest absolute Gasteiger partial charge is 0.225 e. The van der Waals surface area contributed by atoms with Gasteiger partial charge in [0.1, 0.15) is 0 Å². The Hall–Kier alpha value is -0.880. The molecule has 0 saturated carbocycles. The third-order valence-corrected chi connectivity index (χ3v) is 3.97. The fraction of sp³-hybridized carbons (Fsp3) is 0.818. The van der Waals surface area contributed by atoms with Crippen LogP contribution in [0, 0.1) is 4.77 Å². The Morgan fingerprint density at radius 3 is 2.71 bits per heavy atom. The number of piperazine rings is 1. The number of nitrogens with zero attached hydrogens (tertiary/aromatic N) is 4. The average molecular weight is 255 g/mol. The average Bonchev–Trinajstić information content (AvgIpc) is 2.63. The molecule has 0 amide bonds. The van der Waals surface area contributed by atoms with Crippen molar-refractivity contribution in [2.45, 2.75) is 32.9 Å². The summed E-state index contributed by atoms with van der Waals surface area (Å²) in [5.74, 6) is 0.971. The molecule has 0 aromatic carbocycles. The monoisotopic (exact) mass is 255 g/mol. The van der Waals surface area contributed by atoms with Crippen molar-refractivity contribution in [1.29, 1.82) is 0 Å². The number of aromatic nitrogens is 3. The van der Waals surface area contributed by atoms with Crippen LogP contribution in [-0.2, 0) is 6.54 Å². The molecule has 0 bridgehead atoms. The molecule has 1 N–H and O–H groups in total. The summed E-state index contributed by atoms with van der Waals surface area (Å²) in [4.78, 5) is 4.71. The lowest BCUT2D eigenvalue weighted by molar-refractivity contribution is 0.137. The summed E-state index contributed by atoms with van der Waals surface area (Å²) in [6.45, 7) is 10.5. The van der Waals surface area contributed by atoms with E-state index in [0.29, 0.717) is 4.77 Å². The van der Waals surface area contributed by atoms with Crippen LogP contribution in [0.15, 0.2) is 0 Å². The summed E-state index contributed by atoms with van der Waals surface area (Å²) in [5.41, 5.74) is 0.171. The van der Waals surface area contributed by atoms with Crippen LogP contribution in [0.25, 0.3) is 0 Å². The summed E-state index contributed by atoms with van der Waals surface area (Å²) in [5, 5.41) is 7.24. The van der Waals surface area contributed by atoms with Crippen molar-refractivity contribution in [3.05, 3.63) is 4.77 Å². The molecule has 17 heavy (non-hydrogen) atoms. The van der Waals surface area contributed by atoms with E-state index in [1.165, 1.54) is 0 Å². The first-order valence-electron chi connectivity index (χ1n) is 6.07. The van der Waals surface area contributed by atoms with E-state index < -0.39 is 0 Å². The summed E-state index contributed by atoms with van der Waals surface area (Å²) < 4.78 is 2.76. The first-order valence-corrected chi connectivity index (χ1v) is 6.48. The molecule has 0 aliphatic carbocycles. The Labute approximate surface area is 107 Å². The number of hydrogen-bond acceptors (Lipinski definition) is 4. The number of likely N-dealkylation sites (N-methyl/N-ethyl adjacent to an activating group) is 1. The van der Waals surface area contributed by atoms with Gasteiger partial charge in [-0.25, -0.2) is 5.10 Å². The van der Waals surface area contributed by atoms with Crippen LogP contribution < -0.4 is 4.90 Å². The maximum absolute atomic E-state index is 5.23. The lowest BCUT2D eigenvalue weighted by Crippen LogP contribution is -2.58. The van der Waals surface area contributed by atoms with Crippen LogP contribution in [0.4, 0.5) is 5.95 Å². The predicted molar refractivity (Wildman–Crippen MR) is 72.0 cm³/mol. The van der Waals surface area contributed by atoms with Crippen LogP contribution in [-0.4, -0.2) is 51.9 Å². The molecule has 1 saturated heterocycles. The Morgan fingerprint density at radius 2 is 2.12 bits per heavy atom. The zero-order valence-corrected chi connectivity index (χ0v) is 11.8.